The van der Waals surface area contributed by atoms with Gasteiger partial charge in [-0.25, -0.2) is 17.8 Å². The Kier molecular flexibility index (Phi) is 5.14. The second-order valence-corrected chi connectivity index (χ2v) is 7.90. The van der Waals surface area contributed by atoms with Gasteiger partial charge >= 0.3 is 6.18 Å². The van der Waals surface area contributed by atoms with Gasteiger partial charge in [-0.05, 0) is 23.8 Å². The van der Waals surface area contributed by atoms with E-state index in [1.165, 1.54) is 6.92 Å². The SMILES string of the molecule is CCN([C@H](c1ccc(F)cc1)C(F)(F)F)S(=O)(=O)c1cnc2nsnc2c1. The van der Waals surface area contributed by atoms with Crippen molar-refractivity contribution in [3.8, 4) is 0 Å². The van der Waals surface area contributed by atoms with Gasteiger partial charge in [0.2, 0.25) is 10.0 Å². The van der Waals surface area contributed by atoms with Gasteiger partial charge in [0, 0.05) is 12.7 Å². The van der Waals surface area contributed by atoms with E-state index in [1.54, 1.807) is 0 Å². The summed E-state index contributed by atoms with van der Waals surface area (Å²) in [4.78, 5) is 3.40. The van der Waals surface area contributed by atoms with E-state index in [2.05, 4.69) is 13.7 Å². The van der Waals surface area contributed by atoms with Crippen LogP contribution in [0, 0.1) is 5.82 Å². The van der Waals surface area contributed by atoms with E-state index in [9.17, 15) is 26.0 Å². The van der Waals surface area contributed by atoms with E-state index in [-0.39, 0.29) is 11.2 Å². The number of hydrogen-bond acceptors (Lipinski definition) is 6. The van der Waals surface area contributed by atoms with Crippen molar-refractivity contribution >= 4 is 32.9 Å². The number of aromatic nitrogens is 3. The van der Waals surface area contributed by atoms with Crippen LogP contribution in [-0.2, 0) is 10.0 Å². The molecule has 0 unspecified atom stereocenters. The van der Waals surface area contributed by atoms with E-state index in [0.29, 0.717) is 4.31 Å². The number of halogens is 4. The lowest BCUT2D eigenvalue weighted by molar-refractivity contribution is -0.173. The van der Waals surface area contributed by atoms with Gasteiger partial charge in [0.25, 0.3) is 0 Å². The maximum absolute atomic E-state index is 13.8. The molecular weight excluding hydrogens is 408 g/mol. The average Bonchev–Trinajstić information content (AvgIpc) is 3.07. The van der Waals surface area contributed by atoms with Gasteiger partial charge in [0.05, 0.1) is 11.7 Å². The molecule has 2 heterocycles. The lowest BCUT2D eigenvalue weighted by Gasteiger charge is -2.31. The monoisotopic (exact) mass is 420 g/mol. The van der Waals surface area contributed by atoms with Crippen molar-refractivity contribution in [2.24, 2.45) is 0 Å². The predicted molar refractivity (Wildman–Crippen MR) is 90.0 cm³/mol. The summed E-state index contributed by atoms with van der Waals surface area (Å²) in [5.74, 6) is -0.726. The van der Waals surface area contributed by atoms with Crippen molar-refractivity contribution in [1.29, 1.82) is 0 Å². The third-order valence-electron chi connectivity index (χ3n) is 3.79. The van der Waals surface area contributed by atoms with Crippen LogP contribution in [0.3, 0.4) is 0 Å². The molecule has 1 atom stereocenters. The summed E-state index contributed by atoms with van der Waals surface area (Å²) < 4.78 is 88.2. The fourth-order valence-electron chi connectivity index (χ4n) is 2.60. The predicted octanol–water partition coefficient (Wildman–Crippen LogP) is 3.54. The van der Waals surface area contributed by atoms with E-state index in [0.717, 1.165) is 48.3 Å². The van der Waals surface area contributed by atoms with Crippen molar-refractivity contribution in [3.05, 3.63) is 47.9 Å². The Morgan fingerprint density at radius 1 is 1.19 bits per heavy atom. The summed E-state index contributed by atoms with van der Waals surface area (Å²) >= 11 is 0.809. The lowest BCUT2D eigenvalue weighted by atomic mass is 10.1. The second kappa shape index (κ2) is 7.09. The molecule has 0 aliphatic rings. The van der Waals surface area contributed by atoms with Crippen LogP contribution in [0.1, 0.15) is 18.5 Å². The number of fused-ring (bicyclic) bond motifs is 1. The first-order valence-corrected chi connectivity index (χ1v) is 9.74. The summed E-state index contributed by atoms with van der Waals surface area (Å²) in [7, 11) is -4.57. The molecule has 0 saturated heterocycles. The number of rotatable bonds is 5. The minimum Gasteiger partial charge on any atom is -0.233 e. The molecule has 0 N–H and O–H groups in total. The number of pyridine rings is 1. The van der Waals surface area contributed by atoms with Crippen LogP contribution in [-0.4, -0.2) is 39.2 Å². The molecule has 0 radical (unpaired) electrons. The van der Waals surface area contributed by atoms with Crippen LogP contribution in [0.2, 0.25) is 0 Å². The molecule has 144 valence electrons. The normalized spacial score (nSPS) is 14.0. The number of hydrogen-bond donors (Lipinski definition) is 0. The molecule has 0 fully saturated rings. The maximum Gasteiger partial charge on any atom is 0.409 e. The van der Waals surface area contributed by atoms with Gasteiger partial charge in [-0.15, -0.1) is 0 Å². The van der Waals surface area contributed by atoms with E-state index in [1.807, 2.05) is 0 Å². The fourth-order valence-corrected chi connectivity index (χ4v) is 4.66. The molecule has 2 aromatic heterocycles. The van der Waals surface area contributed by atoms with Gasteiger partial charge in [0.1, 0.15) is 22.3 Å². The van der Waals surface area contributed by atoms with Crippen LogP contribution < -0.4 is 0 Å². The second-order valence-electron chi connectivity index (χ2n) is 5.48. The number of sulfonamides is 1. The minimum atomic E-state index is -4.92. The Balaban J connectivity index is 2.11. The lowest BCUT2D eigenvalue weighted by Crippen LogP contribution is -2.42. The molecule has 0 aliphatic heterocycles. The third-order valence-corrected chi connectivity index (χ3v) is 6.23. The highest BCUT2D eigenvalue weighted by Gasteiger charge is 2.48. The molecule has 0 saturated carbocycles. The maximum atomic E-state index is 13.8. The highest BCUT2D eigenvalue weighted by molar-refractivity contribution is 7.89. The molecule has 0 amide bonds. The van der Waals surface area contributed by atoms with Gasteiger partial charge in [0.15, 0.2) is 5.65 Å². The molecular formula is C15H12F4N4O2S2. The topological polar surface area (TPSA) is 76.1 Å². The zero-order valence-corrected chi connectivity index (χ0v) is 15.3. The molecule has 6 nitrogen and oxygen atoms in total. The number of benzene rings is 1. The summed E-state index contributed by atoms with van der Waals surface area (Å²) in [6, 6.07) is 2.18. The van der Waals surface area contributed by atoms with Gasteiger partial charge in [-0.1, -0.05) is 19.1 Å². The molecule has 0 spiro atoms. The number of nitrogens with zero attached hydrogens (tertiary/aromatic N) is 4. The first kappa shape index (κ1) is 19.6. The van der Waals surface area contributed by atoms with Crippen LogP contribution >= 0.6 is 11.7 Å². The summed E-state index contributed by atoms with van der Waals surface area (Å²) in [5, 5.41) is 0. The van der Waals surface area contributed by atoms with Crippen LogP contribution in [0.4, 0.5) is 17.6 Å². The smallest absolute Gasteiger partial charge is 0.233 e. The zero-order valence-electron chi connectivity index (χ0n) is 13.7. The van der Waals surface area contributed by atoms with E-state index in [4.69, 9.17) is 0 Å². The van der Waals surface area contributed by atoms with Gasteiger partial charge in [-0.2, -0.15) is 26.2 Å². The van der Waals surface area contributed by atoms with Crippen molar-refractivity contribution in [2.45, 2.75) is 24.0 Å². The largest absolute Gasteiger partial charge is 0.409 e. The summed E-state index contributed by atoms with van der Waals surface area (Å²) in [5.41, 5.74) is -0.0194. The number of alkyl halides is 3. The molecule has 3 aromatic rings. The summed E-state index contributed by atoms with van der Waals surface area (Å²) in [6.07, 6.45) is -3.97. The average molecular weight is 420 g/mol. The Morgan fingerprint density at radius 2 is 1.85 bits per heavy atom. The highest BCUT2D eigenvalue weighted by Crippen LogP contribution is 2.40. The Labute approximate surface area is 155 Å². The fraction of sp³-hybridized carbons (Fsp3) is 0.267. The van der Waals surface area contributed by atoms with Crippen molar-refractivity contribution in [2.75, 3.05) is 6.54 Å². The molecule has 3 rings (SSSR count). The Hall–Kier alpha value is -2.18. The molecule has 27 heavy (non-hydrogen) atoms. The molecule has 0 bridgehead atoms. The first-order chi connectivity index (χ1) is 12.6. The Morgan fingerprint density at radius 3 is 2.44 bits per heavy atom. The summed E-state index contributed by atoms with van der Waals surface area (Å²) in [6.45, 7) is 0.827. The molecule has 0 aliphatic carbocycles. The van der Waals surface area contributed by atoms with Crippen LogP contribution in [0.25, 0.3) is 11.2 Å². The van der Waals surface area contributed by atoms with Crippen molar-refractivity contribution < 1.29 is 26.0 Å². The van der Waals surface area contributed by atoms with Crippen LogP contribution in [0.5, 0.6) is 0 Å². The van der Waals surface area contributed by atoms with E-state index < -0.39 is 45.1 Å². The molecule has 1 aromatic carbocycles. The van der Waals surface area contributed by atoms with Gasteiger partial charge < -0.3 is 0 Å². The Bertz CT molecular complexity index is 1050. The van der Waals surface area contributed by atoms with Gasteiger partial charge in [-0.3, -0.25) is 0 Å². The standard InChI is InChI=1S/C15H12F4N4O2S2/c1-2-23(13(15(17,18)19)9-3-5-10(16)6-4-9)27(24,25)11-7-12-14(20-8-11)22-26-21-12/h3-8,13H,2H2,1H3/t13-/m1/s1. The zero-order chi connectivity index (χ0) is 19.8. The van der Waals surface area contributed by atoms with Crippen molar-refractivity contribution in [3.63, 3.8) is 0 Å². The van der Waals surface area contributed by atoms with Crippen LogP contribution in [0.15, 0.2) is 41.4 Å². The van der Waals surface area contributed by atoms with Crippen molar-refractivity contribution in [1.82, 2.24) is 18.0 Å². The highest BCUT2D eigenvalue weighted by atomic mass is 32.2. The third kappa shape index (κ3) is 3.77. The minimum absolute atomic E-state index is 0.169. The van der Waals surface area contributed by atoms with E-state index >= 15 is 0 Å². The molecule has 12 heteroatoms. The first-order valence-electron chi connectivity index (χ1n) is 7.57. The quantitative estimate of drug-likeness (QED) is 0.590.